The molecule has 1 heteroatoms. The third kappa shape index (κ3) is 1.37. The number of hydrogen-bond donors (Lipinski definition) is 1. The van der Waals surface area contributed by atoms with Crippen molar-refractivity contribution in [1.82, 2.24) is 0 Å². The van der Waals surface area contributed by atoms with Crippen LogP contribution in [-0.4, -0.2) is 11.2 Å². The number of rotatable bonds is 1. The van der Waals surface area contributed by atoms with Gasteiger partial charge in [-0.25, -0.2) is 0 Å². The molecule has 0 aliphatic heterocycles. The summed E-state index contributed by atoms with van der Waals surface area (Å²) in [6.07, 6.45) is 1.85. The van der Waals surface area contributed by atoms with E-state index in [0.29, 0.717) is 5.92 Å². The van der Waals surface area contributed by atoms with Gasteiger partial charge >= 0.3 is 0 Å². The van der Waals surface area contributed by atoms with Gasteiger partial charge in [0.2, 0.25) is 0 Å². The van der Waals surface area contributed by atoms with E-state index in [4.69, 9.17) is 5.11 Å². The van der Waals surface area contributed by atoms with Crippen LogP contribution in [0.4, 0.5) is 0 Å². The molecule has 1 fully saturated rings. The van der Waals surface area contributed by atoms with Crippen LogP contribution in [0.1, 0.15) is 29.9 Å². The van der Waals surface area contributed by atoms with E-state index in [0.717, 1.165) is 12.8 Å². The molecule has 1 N–H and O–H groups in total. The Morgan fingerprint density at radius 1 is 1.17 bits per heavy atom. The van der Waals surface area contributed by atoms with Gasteiger partial charge in [0.15, 0.2) is 0 Å². The van der Waals surface area contributed by atoms with E-state index in [1.807, 2.05) is 0 Å². The SMILES string of the molecule is Cc1ccc([C@H]2C[C@H](O)C2)cc1. The molecular formula is C11H14O. The van der Waals surface area contributed by atoms with Crippen LogP contribution in [0.3, 0.4) is 0 Å². The zero-order chi connectivity index (χ0) is 8.55. The standard InChI is InChI=1S/C11H14O/c1-8-2-4-9(5-3-8)10-6-11(12)7-10/h2-5,10-12H,6-7H2,1H3/t10-,11-. The molecule has 1 aliphatic carbocycles. The molecule has 0 amide bonds. The summed E-state index contributed by atoms with van der Waals surface area (Å²) in [6.45, 7) is 2.10. The third-order valence-corrected chi connectivity index (χ3v) is 2.66. The van der Waals surface area contributed by atoms with Gasteiger partial charge in [0.25, 0.3) is 0 Å². The predicted molar refractivity (Wildman–Crippen MR) is 49.2 cm³/mol. The fraction of sp³-hybridized carbons (Fsp3) is 0.455. The highest BCUT2D eigenvalue weighted by Crippen LogP contribution is 2.36. The summed E-state index contributed by atoms with van der Waals surface area (Å²) < 4.78 is 0. The maximum absolute atomic E-state index is 9.13. The van der Waals surface area contributed by atoms with E-state index >= 15 is 0 Å². The first-order valence-corrected chi connectivity index (χ1v) is 4.50. The van der Waals surface area contributed by atoms with Crippen molar-refractivity contribution >= 4 is 0 Å². The highest BCUT2D eigenvalue weighted by molar-refractivity contribution is 5.26. The van der Waals surface area contributed by atoms with E-state index < -0.39 is 0 Å². The maximum Gasteiger partial charge on any atom is 0.0552 e. The smallest absolute Gasteiger partial charge is 0.0552 e. The van der Waals surface area contributed by atoms with Crippen molar-refractivity contribution in [3.05, 3.63) is 35.4 Å². The summed E-state index contributed by atoms with van der Waals surface area (Å²) in [7, 11) is 0. The first-order chi connectivity index (χ1) is 5.75. The first-order valence-electron chi connectivity index (χ1n) is 4.50. The van der Waals surface area contributed by atoms with Crippen LogP contribution in [0.25, 0.3) is 0 Å². The Hall–Kier alpha value is -0.820. The molecule has 0 atom stereocenters. The minimum atomic E-state index is -0.0451. The van der Waals surface area contributed by atoms with Crippen LogP contribution in [-0.2, 0) is 0 Å². The van der Waals surface area contributed by atoms with Crippen molar-refractivity contribution in [2.24, 2.45) is 0 Å². The van der Waals surface area contributed by atoms with Crippen LogP contribution >= 0.6 is 0 Å². The van der Waals surface area contributed by atoms with Gasteiger partial charge in [-0.2, -0.15) is 0 Å². The molecule has 0 aromatic heterocycles. The Bertz CT molecular complexity index is 257. The lowest BCUT2D eigenvalue weighted by atomic mass is 9.77. The predicted octanol–water partition coefficient (Wildman–Crippen LogP) is 2.23. The summed E-state index contributed by atoms with van der Waals surface area (Å²) in [4.78, 5) is 0. The number of aryl methyl sites for hydroxylation is 1. The van der Waals surface area contributed by atoms with Crippen LogP contribution < -0.4 is 0 Å². The molecule has 1 aromatic rings. The lowest BCUT2D eigenvalue weighted by Gasteiger charge is -2.31. The zero-order valence-electron chi connectivity index (χ0n) is 7.33. The Kier molecular flexibility index (Phi) is 1.89. The Labute approximate surface area is 73.0 Å². The molecule has 0 unspecified atom stereocenters. The van der Waals surface area contributed by atoms with Crippen LogP contribution in [0, 0.1) is 6.92 Å². The van der Waals surface area contributed by atoms with Crippen molar-refractivity contribution in [3.8, 4) is 0 Å². The second kappa shape index (κ2) is 2.91. The van der Waals surface area contributed by atoms with Crippen molar-refractivity contribution in [2.45, 2.75) is 31.8 Å². The number of aliphatic hydroxyl groups is 1. The average Bonchev–Trinajstić information content (AvgIpc) is 2.01. The van der Waals surface area contributed by atoms with E-state index in [1.54, 1.807) is 0 Å². The summed E-state index contributed by atoms with van der Waals surface area (Å²) in [5, 5.41) is 9.13. The normalized spacial score (nSPS) is 28.2. The van der Waals surface area contributed by atoms with Gasteiger partial charge in [-0.1, -0.05) is 29.8 Å². The van der Waals surface area contributed by atoms with Crippen LogP contribution in [0.15, 0.2) is 24.3 Å². The fourth-order valence-corrected chi connectivity index (χ4v) is 1.70. The molecule has 1 saturated carbocycles. The van der Waals surface area contributed by atoms with Gasteiger partial charge in [-0.05, 0) is 31.2 Å². The van der Waals surface area contributed by atoms with Gasteiger partial charge in [0, 0.05) is 0 Å². The molecule has 0 radical (unpaired) electrons. The molecule has 64 valence electrons. The second-order valence-corrected chi connectivity index (χ2v) is 3.73. The largest absolute Gasteiger partial charge is 0.393 e. The highest BCUT2D eigenvalue weighted by atomic mass is 16.3. The van der Waals surface area contributed by atoms with Gasteiger partial charge in [0.1, 0.15) is 0 Å². The molecular weight excluding hydrogens is 148 g/mol. The molecule has 0 heterocycles. The summed E-state index contributed by atoms with van der Waals surface area (Å²) >= 11 is 0. The topological polar surface area (TPSA) is 20.2 Å². The molecule has 1 nitrogen and oxygen atoms in total. The number of aliphatic hydroxyl groups excluding tert-OH is 1. The lowest BCUT2D eigenvalue weighted by Crippen LogP contribution is -2.26. The van der Waals surface area contributed by atoms with Crippen molar-refractivity contribution < 1.29 is 5.11 Å². The van der Waals surface area contributed by atoms with Gasteiger partial charge in [-0.3, -0.25) is 0 Å². The quantitative estimate of drug-likeness (QED) is 0.671. The van der Waals surface area contributed by atoms with E-state index in [-0.39, 0.29) is 6.10 Å². The van der Waals surface area contributed by atoms with Gasteiger partial charge in [-0.15, -0.1) is 0 Å². The highest BCUT2D eigenvalue weighted by Gasteiger charge is 2.27. The minimum absolute atomic E-state index is 0.0451. The molecule has 0 saturated heterocycles. The van der Waals surface area contributed by atoms with Crippen LogP contribution in [0.2, 0.25) is 0 Å². The molecule has 1 aromatic carbocycles. The van der Waals surface area contributed by atoms with Gasteiger partial charge in [0.05, 0.1) is 6.10 Å². The van der Waals surface area contributed by atoms with E-state index in [2.05, 4.69) is 31.2 Å². The Morgan fingerprint density at radius 2 is 1.75 bits per heavy atom. The van der Waals surface area contributed by atoms with Crippen molar-refractivity contribution in [3.63, 3.8) is 0 Å². The van der Waals surface area contributed by atoms with Crippen LogP contribution in [0.5, 0.6) is 0 Å². The fourth-order valence-electron chi connectivity index (χ4n) is 1.70. The average molecular weight is 162 g/mol. The minimum Gasteiger partial charge on any atom is -0.393 e. The van der Waals surface area contributed by atoms with E-state index in [1.165, 1.54) is 11.1 Å². The van der Waals surface area contributed by atoms with Crippen molar-refractivity contribution in [1.29, 1.82) is 0 Å². The number of benzene rings is 1. The lowest BCUT2D eigenvalue weighted by molar-refractivity contribution is 0.0746. The molecule has 1 aliphatic rings. The monoisotopic (exact) mass is 162 g/mol. The van der Waals surface area contributed by atoms with E-state index in [9.17, 15) is 0 Å². The van der Waals surface area contributed by atoms with Gasteiger partial charge < -0.3 is 5.11 Å². The Balaban J connectivity index is 2.09. The third-order valence-electron chi connectivity index (χ3n) is 2.66. The summed E-state index contributed by atoms with van der Waals surface area (Å²) in [5.74, 6) is 0.612. The summed E-state index contributed by atoms with van der Waals surface area (Å²) in [6, 6.07) is 8.62. The molecule has 2 rings (SSSR count). The zero-order valence-corrected chi connectivity index (χ0v) is 7.33. The molecule has 0 spiro atoms. The first kappa shape index (κ1) is 7.81. The molecule has 0 bridgehead atoms. The summed E-state index contributed by atoms with van der Waals surface area (Å²) in [5.41, 5.74) is 2.68. The second-order valence-electron chi connectivity index (χ2n) is 3.73. The van der Waals surface area contributed by atoms with Crippen molar-refractivity contribution in [2.75, 3.05) is 0 Å². The molecule has 12 heavy (non-hydrogen) atoms. The Morgan fingerprint density at radius 3 is 2.25 bits per heavy atom. The maximum atomic E-state index is 9.13. The number of hydrogen-bond acceptors (Lipinski definition) is 1.